The van der Waals surface area contributed by atoms with Crippen molar-refractivity contribution in [2.24, 2.45) is 0 Å². The Hall–Kier alpha value is -6.50. The van der Waals surface area contributed by atoms with Gasteiger partial charge in [-0.2, -0.15) is 0 Å². The molecule has 240 valence electrons. The van der Waals surface area contributed by atoms with Crippen molar-refractivity contribution in [3.63, 3.8) is 0 Å². The maximum absolute atomic E-state index is 2.43. The minimum Gasteiger partial charge on any atom is -0.0622 e. The number of aryl methyl sites for hydroxylation is 1. The first kappa shape index (κ1) is 30.6. The number of hydrogen-bond acceptors (Lipinski definition) is 0. The molecule has 9 rings (SSSR count). The maximum Gasteiger partial charge on any atom is -0.00261 e. The average Bonchev–Trinajstić information content (AvgIpc) is 3.21. The van der Waals surface area contributed by atoms with Crippen molar-refractivity contribution in [2.75, 3.05) is 0 Å². The van der Waals surface area contributed by atoms with Gasteiger partial charge in [0.05, 0.1) is 0 Å². The number of benzene rings is 9. The molecule has 0 fully saturated rings. The van der Waals surface area contributed by atoms with Crippen LogP contribution in [0.15, 0.2) is 200 Å². The van der Waals surface area contributed by atoms with Crippen molar-refractivity contribution in [3.8, 4) is 66.8 Å². The van der Waals surface area contributed by atoms with Crippen LogP contribution in [-0.2, 0) is 0 Å². The summed E-state index contributed by atoms with van der Waals surface area (Å²) >= 11 is 0. The van der Waals surface area contributed by atoms with Crippen LogP contribution in [0.1, 0.15) is 5.56 Å². The van der Waals surface area contributed by atoms with Crippen LogP contribution in [0, 0.1) is 6.92 Å². The van der Waals surface area contributed by atoms with Crippen LogP contribution in [0.5, 0.6) is 0 Å². The first-order valence-electron chi connectivity index (χ1n) is 17.7. The molecule has 0 radical (unpaired) electrons. The molecule has 0 atom stereocenters. The highest BCUT2D eigenvalue weighted by atomic mass is 14.2. The van der Waals surface area contributed by atoms with E-state index in [1.807, 2.05) is 0 Å². The molecule has 0 aliphatic rings. The van der Waals surface area contributed by atoms with Crippen LogP contribution in [0.25, 0.3) is 88.3 Å². The second kappa shape index (κ2) is 13.1. The molecular formula is C51H36. The molecule has 0 heterocycles. The summed E-state index contributed by atoms with van der Waals surface area (Å²) in [4.78, 5) is 0. The summed E-state index contributed by atoms with van der Waals surface area (Å²) in [6, 6.07) is 73.2. The average molecular weight is 649 g/mol. The molecule has 9 aromatic rings. The summed E-state index contributed by atoms with van der Waals surface area (Å²) in [5, 5.41) is 5.01. The third kappa shape index (κ3) is 5.82. The van der Waals surface area contributed by atoms with E-state index in [0.717, 1.165) is 0 Å². The highest BCUT2D eigenvalue weighted by Crippen LogP contribution is 2.46. The van der Waals surface area contributed by atoms with Crippen molar-refractivity contribution >= 4 is 21.5 Å². The van der Waals surface area contributed by atoms with E-state index in [4.69, 9.17) is 0 Å². The lowest BCUT2D eigenvalue weighted by Gasteiger charge is -2.20. The summed E-state index contributed by atoms with van der Waals surface area (Å²) < 4.78 is 0. The monoisotopic (exact) mass is 648 g/mol. The maximum atomic E-state index is 2.43. The topological polar surface area (TPSA) is 0 Å². The fraction of sp³-hybridized carbons (Fsp3) is 0.0196. The summed E-state index contributed by atoms with van der Waals surface area (Å²) in [7, 11) is 0. The van der Waals surface area contributed by atoms with Gasteiger partial charge in [0, 0.05) is 0 Å². The predicted octanol–water partition coefficient (Wildman–Crippen LogP) is 14.3. The van der Waals surface area contributed by atoms with E-state index in [-0.39, 0.29) is 0 Å². The number of rotatable bonds is 6. The largest absolute Gasteiger partial charge is 0.0622 e. The molecule has 51 heavy (non-hydrogen) atoms. The molecule has 0 spiro atoms. The zero-order valence-corrected chi connectivity index (χ0v) is 28.6. The zero-order chi connectivity index (χ0) is 34.1. The van der Waals surface area contributed by atoms with Gasteiger partial charge in [0.15, 0.2) is 0 Å². The van der Waals surface area contributed by atoms with Gasteiger partial charge in [-0.05, 0) is 126 Å². The Morgan fingerprint density at radius 3 is 0.941 bits per heavy atom. The molecule has 0 saturated carbocycles. The highest BCUT2D eigenvalue weighted by molar-refractivity contribution is 6.22. The van der Waals surface area contributed by atoms with Crippen LogP contribution in [-0.4, -0.2) is 0 Å². The lowest BCUT2D eigenvalue weighted by Crippen LogP contribution is -1.93. The van der Waals surface area contributed by atoms with E-state index in [2.05, 4.69) is 207 Å². The molecule has 0 aliphatic heterocycles. The lowest BCUT2D eigenvalue weighted by molar-refractivity contribution is 1.47. The Balaban J connectivity index is 1.35. The molecular weight excluding hydrogens is 613 g/mol. The van der Waals surface area contributed by atoms with E-state index < -0.39 is 0 Å². The summed E-state index contributed by atoms with van der Waals surface area (Å²) in [6.45, 7) is 2.14. The third-order valence-electron chi connectivity index (χ3n) is 10.1. The van der Waals surface area contributed by atoms with Crippen LogP contribution >= 0.6 is 0 Å². The molecule has 0 nitrogen and oxygen atoms in total. The standard InChI is InChI=1S/C51H36/c1-35-22-24-38(25-23-35)41-26-28-46-48(33-41)50(39-18-10-4-11-19-39)47-29-27-42(34-49(47)51(46)40-20-12-5-13-21-40)45-31-43(36-14-6-2-7-15-36)30-44(32-45)37-16-8-3-9-17-37/h2-34H,1H3. The van der Waals surface area contributed by atoms with Gasteiger partial charge in [-0.1, -0.05) is 175 Å². The van der Waals surface area contributed by atoms with Crippen molar-refractivity contribution in [2.45, 2.75) is 6.92 Å². The van der Waals surface area contributed by atoms with E-state index in [9.17, 15) is 0 Å². The van der Waals surface area contributed by atoms with Crippen LogP contribution in [0.4, 0.5) is 0 Å². The van der Waals surface area contributed by atoms with Gasteiger partial charge < -0.3 is 0 Å². The summed E-state index contributed by atoms with van der Waals surface area (Å²) in [5.41, 5.74) is 15.9. The van der Waals surface area contributed by atoms with Gasteiger partial charge in [0.1, 0.15) is 0 Å². The van der Waals surface area contributed by atoms with Crippen LogP contribution in [0.2, 0.25) is 0 Å². The Labute approximate surface area is 300 Å². The quantitative estimate of drug-likeness (QED) is 0.157. The first-order valence-corrected chi connectivity index (χ1v) is 17.7. The first-order chi connectivity index (χ1) is 25.2. The Morgan fingerprint density at radius 1 is 0.216 bits per heavy atom. The SMILES string of the molecule is Cc1ccc(-c2ccc3c(-c4ccccc4)c4cc(-c5cc(-c6ccccc6)cc(-c6ccccc6)c5)ccc4c(-c4ccccc4)c3c2)cc1. The van der Waals surface area contributed by atoms with Crippen molar-refractivity contribution < 1.29 is 0 Å². The van der Waals surface area contributed by atoms with Gasteiger partial charge in [-0.3, -0.25) is 0 Å². The van der Waals surface area contributed by atoms with Gasteiger partial charge in [-0.25, -0.2) is 0 Å². The van der Waals surface area contributed by atoms with Crippen LogP contribution < -0.4 is 0 Å². The van der Waals surface area contributed by atoms with Gasteiger partial charge >= 0.3 is 0 Å². The smallest absolute Gasteiger partial charge is 0.00261 e. The van der Waals surface area contributed by atoms with E-state index in [1.165, 1.54) is 93.9 Å². The van der Waals surface area contributed by atoms with Crippen molar-refractivity contribution in [3.05, 3.63) is 206 Å². The van der Waals surface area contributed by atoms with Crippen molar-refractivity contribution in [1.82, 2.24) is 0 Å². The molecule has 0 amide bonds. The normalized spacial score (nSPS) is 11.2. The van der Waals surface area contributed by atoms with Gasteiger partial charge in [0.2, 0.25) is 0 Å². The summed E-state index contributed by atoms with van der Waals surface area (Å²) in [5.74, 6) is 0. The molecule has 0 N–H and O–H groups in total. The summed E-state index contributed by atoms with van der Waals surface area (Å²) in [6.07, 6.45) is 0. The van der Waals surface area contributed by atoms with Crippen molar-refractivity contribution in [1.29, 1.82) is 0 Å². The Bertz CT molecular complexity index is 2580. The van der Waals surface area contributed by atoms with E-state index >= 15 is 0 Å². The fourth-order valence-corrected chi connectivity index (χ4v) is 7.55. The van der Waals surface area contributed by atoms with Gasteiger partial charge in [-0.15, -0.1) is 0 Å². The molecule has 0 aliphatic carbocycles. The Morgan fingerprint density at radius 2 is 0.529 bits per heavy atom. The molecule has 0 bridgehead atoms. The van der Waals surface area contributed by atoms with Gasteiger partial charge in [0.25, 0.3) is 0 Å². The number of fused-ring (bicyclic) bond motifs is 2. The van der Waals surface area contributed by atoms with E-state index in [0.29, 0.717) is 0 Å². The molecule has 0 unspecified atom stereocenters. The predicted molar refractivity (Wildman–Crippen MR) is 219 cm³/mol. The second-order valence-electron chi connectivity index (χ2n) is 13.4. The minimum absolute atomic E-state index is 1.20. The molecule has 0 saturated heterocycles. The molecule has 0 heteroatoms. The molecule has 0 aromatic heterocycles. The lowest BCUT2D eigenvalue weighted by atomic mass is 9.83. The molecule has 9 aromatic carbocycles. The highest BCUT2D eigenvalue weighted by Gasteiger charge is 2.19. The third-order valence-corrected chi connectivity index (χ3v) is 10.1. The van der Waals surface area contributed by atoms with Crippen LogP contribution in [0.3, 0.4) is 0 Å². The minimum atomic E-state index is 1.20. The number of hydrogen-bond donors (Lipinski definition) is 0. The zero-order valence-electron chi connectivity index (χ0n) is 28.6. The second-order valence-corrected chi connectivity index (χ2v) is 13.4. The Kier molecular flexibility index (Phi) is 7.84. The fourth-order valence-electron chi connectivity index (χ4n) is 7.55. The van der Waals surface area contributed by atoms with E-state index in [1.54, 1.807) is 0 Å².